The minimum Gasteiger partial charge on any atom is -0.460 e. The van der Waals surface area contributed by atoms with Gasteiger partial charge in [-0.25, -0.2) is 4.98 Å². The molecular formula is C26H34N8O. The maximum atomic E-state index is 6.26. The summed E-state index contributed by atoms with van der Waals surface area (Å²) in [7, 11) is 6.22. The molecule has 4 aromatic rings. The van der Waals surface area contributed by atoms with Crippen LogP contribution in [0.2, 0.25) is 0 Å². The van der Waals surface area contributed by atoms with Gasteiger partial charge in [-0.1, -0.05) is 32.0 Å². The third-order valence-electron chi connectivity index (χ3n) is 6.60. The first-order valence-corrected chi connectivity index (χ1v) is 12.3. The van der Waals surface area contributed by atoms with Crippen molar-refractivity contribution in [3.8, 4) is 6.01 Å². The van der Waals surface area contributed by atoms with Crippen molar-refractivity contribution in [3.63, 3.8) is 0 Å². The summed E-state index contributed by atoms with van der Waals surface area (Å²) >= 11 is 0. The second-order valence-electron chi connectivity index (χ2n) is 9.84. The first kappa shape index (κ1) is 23.3. The lowest BCUT2D eigenvalue weighted by Crippen LogP contribution is -2.36. The van der Waals surface area contributed by atoms with Crippen molar-refractivity contribution >= 4 is 28.2 Å². The molecule has 1 aromatic carbocycles. The van der Waals surface area contributed by atoms with Crippen LogP contribution < -0.4 is 15.0 Å². The molecule has 0 atom stereocenters. The fourth-order valence-corrected chi connectivity index (χ4v) is 4.50. The Morgan fingerprint density at radius 1 is 1.09 bits per heavy atom. The average molecular weight is 475 g/mol. The zero-order chi connectivity index (χ0) is 24.5. The van der Waals surface area contributed by atoms with Crippen LogP contribution in [0.15, 0.2) is 36.5 Å². The quantitative estimate of drug-likeness (QED) is 0.431. The van der Waals surface area contributed by atoms with Gasteiger partial charge in [-0.3, -0.25) is 0 Å². The predicted molar refractivity (Wildman–Crippen MR) is 139 cm³/mol. The maximum Gasteiger partial charge on any atom is 0.322 e. The molecular weight excluding hydrogens is 440 g/mol. The minimum absolute atomic E-state index is 0.124. The fourth-order valence-electron chi connectivity index (χ4n) is 4.50. The number of rotatable bonds is 7. The van der Waals surface area contributed by atoms with E-state index in [1.807, 2.05) is 26.4 Å². The molecule has 0 radical (unpaired) electrons. The number of likely N-dealkylation sites (tertiary alicyclic amines) is 1. The molecule has 1 fully saturated rings. The molecule has 4 heterocycles. The Morgan fingerprint density at radius 3 is 2.63 bits per heavy atom. The lowest BCUT2D eigenvalue weighted by atomic mass is 10.1. The number of fused-ring (bicyclic) bond motifs is 2. The number of anilines is 2. The Labute approximate surface area is 206 Å². The minimum atomic E-state index is 0.124. The largest absolute Gasteiger partial charge is 0.460 e. The first-order valence-electron chi connectivity index (χ1n) is 12.3. The van der Waals surface area contributed by atoms with Gasteiger partial charge < -0.3 is 19.9 Å². The Kier molecular flexibility index (Phi) is 6.42. The lowest BCUT2D eigenvalue weighted by Gasteiger charge is -2.28. The van der Waals surface area contributed by atoms with Crippen LogP contribution in [0.1, 0.15) is 43.9 Å². The molecule has 0 bridgehead atoms. The van der Waals surface area contributed by atoms with Crippen LogP contribution in [0.5, 0.6) is 6.01 Å². The third kappa shape index (κ3) is 4.86. The Morgan fingerprint density at radius 2 is 1.89 bits per heavy atom. The first-order chi connectivity index (χ1) is 16.9. The van der Waals surface area contributed by atoms with Crippen molar-refractivity contribution in [3.05, 3.63) is 47.8 Å². The summed E-state index contributed by atoms with van der Waals surface area (Å²) < 4.78 is 8.02. The van der Waals surface area contributed by atoms with Gasteiger partial charge in [0, 0.05) is 38.1 Å². The smallest absolute Gasteiger partial charge is 0.322 e. The third-order valence-corrected chi connectivity index (χ3v) is 6.60. The van der Waals surface area contributed by atoms with Crippen molar-refractivity contribution < 1.29 is 4.74 Å². The molecule has 3 aromatic heterocycles. The topological polar surface area (TPSA) is 83.7 Å². The molecule has 1 aliphatic heterocycles. The zero-order valence-corrected chi connectivity index (χ0v) is 21.2. The Bertz CT molecular complexity index is 1320. The molecule has 9 nitrogen and oxygen atoms in total. The highest BCUT2D eigenvalue weighted by Crippen LogP contribution is 2.26. The number of pyridine rings is 1. The second-order valence-corrected chi connectivity index (χ2v) is 9.84. The van der Waals surface area contributed by atoms with Crippen LogP contribution in [0.4, 0.5) is 11.6 Å². The van der Waals surface area contributed by atoms with E-state index in [0.29, 0.717) is 18.5 Å². The molecule has 1 saturated heterocycles. The Balaban J connectivity index is 1.44. The summed E-state index contributed by atoms with van der Waals surface area (Å²) in [5.74, 6) is 0.894. The molecule has 5 rings (SSSR count). The highest BCUT2D eigenvalue weighted by molar-refractivity contribution is 5.90. The summed E-state index contributed by atoms with van der Waals surface area (Å²) in [4.78, 5) is 18.8. The maximum absolute atomic E-state index is 6.26. The molecule has 0 amide bonds. The van der Waals surface area contributed by atoms with Crippen molar-refractivity contribution in [1.82, 2.24) is 29.5 Å². The lowest BCUT2D eigenvalue weighted by molar-refractivity contribution is 0.105. The van der Waals surface area contributed by atoms with E-state index in [2.05, 4.69) is 65.4 Å². The molecule has 9 heteroatoms. The number of hydrogen-bond donors (Lipinski definition) is 1. The Hall–Kier alpha value is -3.46. The molecule has 184 valence electrons. The van der Waals surface area contributed by atoms with Crippen LogP contribution in [0, 0.1) is 0 Å². The number of piperidine rings is 1. The number of nitrogens with zero attached hydrogens (tertiary/aromatic N) is 7. The van der Waals surface area contributed by atoms with Crippen molar-refractivity contribution in [2.75, 3.05) is 44.4 Å². The summed E-state index contributed by atoms with van der Waals surface area (Å²) in [6.45, 7) is 6.83. The molecule has 1 aliphatic rings. The number of nitrogens with one attached hydrogen (secondary N) is 1. The predicted octanol–water partition coefficient (Wildman–Crippen LogP) is 3.95. The van der Waals surface area contributed by atoms with Gasteiger partial charge in [0.15, 0.2) is 5.65 Å². The molecule has 0 aliphatic carbocycles. The average Bonchev–Trinajstić information content (AvgIpc) is 3.28. The second kappa shape index (κ2) is 9.65. The van der Waals surface area contributed by atoms with Crippen LogP contribution >= 0.6 is 0 Å². The van der Waals surface area contributed by atoms with Gasteiger partial charge in [0.25, 0.3) is 0 Å². The van der Waals surface area contributed by atoms with Gasteiger partial charge in [0.1, 0.15) is 6.10 Å². The van der Waals surface area contributed by atoms with Gasteiger partial charge in [0.2, 0.25) is 5.95 Å². The van der Waals surface area contributed by atoms with E-state index in [9.17, 15) is 0 Å². The number of aromatic nitrogens is 5. The molecule has 0 saturated carbocycles. The zero-order valence-electron chi connectivity index (χ0n) is 21.2. The van der Waals surface area contributed by atoms with Gasteiger partial charge in [0.05, 0.1) is 29.6 Å². The highest BCUT2D eigenvalue weighted by Gasteiger charge is 2.21. The summed E-state index contributed by atoms with van der Waals surface area (Å²) in [5, 5.41) is 9.13. The fraction of sp³-hybridized carbons (Fsp3) is 0.462. The van der Waals surface area contributed by atoms with Crippen LogP contribution in [0.25, 0.3) is 16.6 Å². The number of hydrogen-bond acceptors (Lipinski definition) is 8. The van der Waals surface area contributed by atoms with Crippen LogP contribution in [-0.2, 0) is 6.54 Å². The van der Waals surface area contributed by atoms with Crippen molar-refractivity contribution in [1.29, 1.82) is 0 Å². The summed E-state index contributed by atoms with van der Waals surface area (Å²) in [6.07, 6.45) is 3.94. The molecule has 0 unspecified atom stereocenters. The van der Waals surface area contributed by atoms with E-state index in [-0.39, 0.29) is 12.0 Å². The van der Waals surface area contributed by atoms with Crippen molar-refractivity contribution in [2.24, 2.45) is 0 Å². The SMILES string of the molecule is CC(C)c1cnn2c(NCc3ccc4cccc(N(C)C)c4n3)nc(OC3CCN(C)CC3)nc12. The molecule has 1 N–H and O–H groups in total. The van der Waals surface area contributed by atoms with Crippen molar-refractivity contribution in [2.45, 2.75) is 45.3 Å². The molecule has 35 heavy (non-hydrogen) atoms. The van der Waals surface area contributed by atoms with E-state index < -0.39 is 0 Å². The number of para-hydroxylation sites is 1. The summed E-state index contributed by atoms with van der Waals surface area (Å²) in [5.41, 5.74) is 4.85. The van der Waals surface area contributed by atoms with Crippen LogP contribution in [0.3, 0.4) is 0 Å². The van der Waals surface area contributed by atoms with E-state index in [1.165, 1.54) is 0 Å². The van der Waals surface area contributed by atoms with E-state index in [0.717, 1.165) is 59.4 Å². The standard InChI is InChI=1S/C26H34N8O/c1-17(2)21-16-28-34-24(21)30-26(35-20-11-13-33(5)14-12-20)31-25(34)27-15-19-10-9-18-7-6-8-22(32(3)4)23(18)29-19/h6-10,16-17,20H,11-15H2,1-5H3,(H,27,30,31). The number of ether oxygens (including phenoxy) is 1. The van der Waals surface area contributed by atoms with E-state index >= 15 is 0 Å². The number of benzene rings is 1. The normalized spacial score (nSPS) is 15.3. The van der Waals surface area contributed by atoms with Gasteiger partial charge in [-0.05, 0) is 37.9 Å². The monoisotopic (exact) mass is 474 g/mol. The summed E-state index contributed by atoms with van der Waals surface area (Å²) in [6, 6.07) is 10.8. The van der Waals surface area contributed by atoms with E-state index in [1.54, 1.807) is 4.52 Å². The van der Waals surface area contributed by atoms with Gasteiger partial charge in [-0.15, -0.1) is 0 Å². The van der Waals surface area contributed by atoms with Gasteiger partial charge >= 0.3 is 6.01 Å². The van der Waals surface area contributed by atoms with E-state index in [4.69, 9.17) is 19.7 Å². The molecule has 0 spiro atoms. The highest BCUT2D eigenvalue weighted by atomic mass is 16.5. The van der Waals surface area contributed by atoms with Gasteiger partial charge in [-0.2, -0.15) is 19.6 Å². The van der Waals surface area contributed by atoms with Crippen LogP contribution in [-0.4, -0.2) is 69.8 Å².